The molecule has 0 bridgehead atoms. The molecule has 22 heavy (non-hydrogen) atoms. The topological polar surface area (TPSA) is 45.7 Å². The summed E-state index contributed by atoms with van der Waals surface area (Å²) in [5.41, 5.74) is 0.720. The molecule has 0 spiro atoms. The fourth-order valence-electron chi connectivity index (χ4n) is 1.86. The van der Waals surface area contributed by atoms with E-state index in [1.165, 1.54) is 6.07 Å². The van der Waals surface area contributed by atoms with Crippen molar-refractivity contribution in [1.82, 2.24) is 10.6 Å². The molecule has 0 fully saturated rings. The van der Waals surface area contributed by atoms with E-state index in [-0.39, 0.29) is 29.8 Å². The minimum Gasteiger partial charge on any atom is -0.382 e. The zero-order chi connectivity index (χ0) is 15.3. The van der Waals surface area contributed by atoms with Crippen LogP contribution in [0.1, 0.15) is 25.8 Å². The smallest absolute Gasteiger partial charge is 0.191 e. The van der Waals surface area contributed by atoms with Gasteiger partial charge >= 0.3 is 0 Å². The highest BCUT2D eigenvalue weighted by molar-refractivity contribution is 14.0. The van der Waals surface area contributed by atoms with Crippen LogP contribution in [0.4, 0.5) is 4.39 Å². The lowest BCUT2D eigenvalue weighted by molar-refractivity contribution is 0.146. The molecule has 0 amide bonds. The third-order valence-electron chi connectivity index (χ3n) is 2.91. The Bertz CT molecular complexity index is 430. The van der Waals surface area contributed by atoms with Gasteiger partial charge < -0.3 is 15.4 Å². The van der Waals surface area contributed by atoms with Crippen LogP contribution >= 0.6 is 24.0 Å². The molecular formula is C16H27FIN3O. The van der Waals surface area contributed by atoms with Crippen LogP contribution in [-0.2, 0) is 11.2 Å². The molecule has 1 aromatic carbocycles. The van der Waals surface area contributed by atoms with Crippen molar-refractivity contribution in [3.63, 3.8) is 0 Å². The Labute approximate surface area is 149 Å². The van der Waals surface area contributed by atoms with Gasteiger partial charge in [0.2, 0.25) is 0 Å². The van der Waals surface area contributed by atoms with Gasteiger partial charge in [0, 0.05) is 32.8 Å². The monoisotopic (exact) mass is 423 g/mol. The molecule has 0 atom stereocenters. The zero-order valence-electron chi connectivity index (χ0n) is 13.4. The molecule has 0 radical (unpaired) electrons. The van der Waals surface area contributed by atoms with E-state index in [9.17, 15) is 4.39 Å². The van der Waals surface area contributed by atoms with Crippen LogP contribution in [0.15, 0.2) is 29.3 Å². The highest BCUT2D eigenvalue weighted by atomic mass is 127. The summed E-state index contributed by atoms with van der Waals surface area (Å²) in [5.74, 6) is 0.614. The lowest BCUT2D eigenvalue weighted by Gasteiger charge is -2.11. The van der Waals surface area contributed by atoms with Crippen molar-refractivity contribution in [2.75, 3.05) is 32.8 Å². The number of ether oxygens (including phenoxy) is 1. The van der Waals surface area contributed by atoms with Crippen molar-refractivity contribution in [3.8, 4) is 0 Å². The predicted octanol–water partition coefficient (Wildman–Crippen LogP) is 2.97. The summed E-state index contributed by atoms with van der Waals surface area (Å²) < 4.78 is 18.8. The average Bonchev–Trinajstić information content (AvgIpc) is 2.49. The summed E-state index contributed by atoms with van der Waals surface area (Å²) >= 11 is 0. The second-order valence-corrected chi connectivity index (χ2v) is 4.58. The van der Waals surface area contributed by atoms with E-state index in [4.69, 9.17) is 4.74 Å². The standard InChI is InChI=1S/C16H26FN3O.HI/c1-3-18-16(19-11-7-13-21-4-2)20-12-10-14-8-5-6-9-15(14)17;/h5-6,8-9H,3-4,7,10-13H2,1-2H3,(H2,18,19,20);1H. The Hall–Kier alpha value is -0.890. The summed E-state index contributed by atoms with van der Waals surface area (Å²) in [6.07, 6.45) is 1.54. The van der Waals surface area contributed by atoms with Crippen LogP contribution in [-0.4, -0.2) is 38.8 Å². The van der Waals surface area contributed by atoms with Gasteiger partial charge in [-0.15, -0.1) is 24.0 Å². The van der Waals surface area contributed by atoms with E-state index in [1.54, 1.807) is 6.07 Å². The Kier molecular flexibility index (Phi) is 13.2. The molecule has 0 aromatic heterocycles. The maximum absolute atomic E-state index is 13.5. The molecule has 4 nitrogen and oxygen atoms in total. The number of rotatable bonds is 9. The van der Waals surface area contributed by atoms with Crippen LogP contribution < -0.4 is 10.6 Å². The van der Waals surface area contributed by atoms with Crippen molar-refractivity contribution in [2.24, 2.45) is 4.99 Å². The molecule has 1 aromatic rings. The van der Waals surface area contributed by atoms with Gasteiger partial charge in [0.15, 0.2) is 5.96 Å². The quantitative estimate of drug-likeness (QED) is 0.278. The minimum atomic E-state index is -0.155. The van der Waals surface area contributed by atoms with Crippen molar-refractivity contribution in [1.29, 1.82) is 0 Å². The molecular weight excluding hydrogens is 396 g/mol. The summed E-state index contributed by atoms with van der Waals surface area (Å²) in [4.78, 5) is 4.46. The molecule has 0 saturated carbocycles. The largest absolute Gasteiger partial charge is 0.382 e. The Morgan fingerprint density at radius 3 is 2.68 bits per heavy atom. The Morgan fingerprint density at radius 2 is 2.00 bits per heavy atom. The van der Waals surface area contributed by atoms with Crippen LogP contribution in [0.25, 0.3) is 0 Å². The van der Waals surface area contributed by atoms with Crippen LogP contribution in [0, 0.1) is 5.82 Å². The van der Waals surface area contributed by atoms with Gasteiger partial charge in [-0.25, -0.2) is 4.39 Å². The van der Waals surface area contributed by atoms with E-state index >= 15 is 0 Å². The number of nitrogens with one attached hydrogen (secondary N) is 2. The molecule has 0 heterocycles. The third-order valence-corrected chi connectivity index (χ3v) is 2.91. The molecule has 0 aliphatic heterocycles. The first-order valence-electron chi connectivity index (χ1n) is 7.61. The summed E-state index contributed by atoms with van der Waals surface area (Å²) in [7, 11) is 0. The second kappa shape index (κ2) is 13.8. The van der Waals surface area contributed by atoms with E-state index in [0.717, 1.165) is 44.2 Å². The molecule has 2 N–H and O–H groups in total. The lowest BCUT2D eigenvalue weighted by atomic mass is 10.1. The molecule has 126 valence electrons. The first-order valence-corrected chi connectivity index (χ1v) is 7.61. The molecule has 0 saturated heterocycles. The van der Waals surface area contributed by atoms with Gasteiger partial charge in [-0.1, -0.05) is 18.2 Å². The Morgan fingerprint density at radius 1 is 1.23 bits per heavy atom. The van der Waals surface area contributed by atoms with E-state index in [1.807, 2.05) is 26.0 Å². The molecule has 0 unspecified atom stereocenters. The zero-order valence-corrected chi connectivity index (χ0v) is 15.7. The van der Waals surface area contributed by atoms with E-state index in [2.05, 4.69) is 15.6 Å². The number of hydrogen-bond donors (Lipinski definition) is 2. The van der Waals surface area contributed by atoms with Crippen LogP contribution in [0.3, 0.4) is 0 Å². The lowest BCUT2D eigenvalue weighted by Crippen LogP contribution is -2.38. The normalized spacial score (nSPS) is 11.0. The fourth-order valence-corrected chi connectivity index (χ4v) is 1.86. The number of guanidine groups is 1. The highest BCUT2D eigenvalue weighted by Crippen LogP contribution is 2.05. The number of nitrogens with zero attached hydrogens (tertiary/aromatic N) is 1. The van der Waals surface area contributed by atoms with Gasteiger partial charge in [0.05, 0.1) is 0 Å². The van der Waals surface area contributed by atoms with Gasteiger partial charge in [0.25, 0.3) is 0 Å². The number of aliphatic imine (C=N–C) groups is 1. The highest BCUT2D eigenvalue weighted by Gasteiger charge is 2.01. The number of hydrogen-bond acceptors (Lipinski definition) is 2. The second-order valence-electron chi connectivity index (χ2n) is 4.58. The molecule has 1 rings (SSSR count). The summed E-state index contributed by atoms with van der Waals surface area (Å²) in [6.45, 7) is 7.65. The number of halogens is 2. The third kappa shape index (κ3) is 9.19. The summed E-state index contributed by atoms with van der Waals surface area (Å²) in [6, 6.07) is 6.85. The first-order chi connectivity index (χ1) is 10.3. The van der Waals surface area contributed by atoms with Gasteiger partial charge in [0.1, 0.15) is 5.82 Å². The van der Waals surface area contributed by atoms with Gasteiger partial charge in [-0.3, -0.25) is 4.99 Å². The number of benzene rings is 1. The van der Waals surface area contributed by atoms with Crippen LogP contribution in [0.2, 0.25) is 0 Å². The molecule has 0 aliphatic rings. The van der Waals surface area contributed by atoms with Gasteiger partial charge in [-0.05, 0) is 38.3 Å². The summed E-state index contributed by atoms with van der Waals surface area (Å²) in [5, 5.41) is 6.40. The van der Waals surface area contributed by atoms with Crippen molar-refractivity contribution in [3.05, 3.63) is 35.6 Å². The maximum Gasteiger partial charge on any atom is 0.191 e. The predicted molar refractivity (Wildman–Crippen MR) is 101 cm³/mol. The van der Waals surface area contributed by atoms with E-state index < -0.39 is 0 Å². The average molecular weight is 423 g/mol. The van der Waals surface area contributed by atoms with Crippen molar-refractivity contribution >= 4 is 29.9 Å². The minimum absolute atomic E-state index is 0. The van der Waals surface area contributed by atoms with Gasteiger partial charge in [-0.2, -0.15) is 0 Å². The SMILES string of the molecule is CCNC(=NCCCOCC)NCCc1ccccc1F.I. The first kappa shape index (κ1) is 21.1. The van der Waals surface area contributed by atoms with Crippen molar-refractivity contribution < 1.29 is 9.13 Å². The van der Waals surface area contributed by atoms with E-state index in [0.29, 0.717) is 13.0 Å². The molecule has 6 heteroatoms. The fraction of sp³-hybridized carbons (Fsp3) is 0.562. The maximum atomic E-state index is 13.5. The van der Waals surface area contributed by atoms with Crippen molar-refractivity contribution in [2.45, 2.75) is 26.7 Å². The van der Waals surface area contributed by atoms with Crippen LogP contribution in [0.5, 0.6) is 0 Å². The Balaban J connectivity index is 0.00000441. The molecule has 0 aliphatic carbocycles.